The fraction of sp³-hybridized carbons (Fsp3) is 0.375. The second-order valence-electron chi connectivity index (χ2n) is 7.09. The minimum absolute atomic E-state index is 0.00121. The molecule has 5 nitrogen and oxygen atoms in total. The van der Waals surface area contributed by atoms with Crippen LogP contribution in [0.3, 0.4) is 0 Å². The molecule has 1 unspecified atom stereocenters. The lowest BCUT2D eigenvalue weighted by Crippen LogP contribution is -2.28. The largest absolute Gasteiger partial charge is 0.493 e. The molecule has 3 aromatic rings. The first-order valence-electron chi connectivity index (χ1n) is 10.3. The second kappa shape index (κ2) is 10.0. The molecule has 3 rings (SSSR count). The zero-order valence-corrected chi connectivity index (χ0v) is 17.5. The van der Waals surface area contributed by atoms with Crippen molar-refractivity contribution in [2.75, 3.05) is 20.3 Å². The van der Waals surface area contributed by atoms with E-state index in [-0.39, 0.29) is 11.8 Å². The highest BCUT2D eigenvalue weighted by Gasteiger charge is 2.20. The number of amides is 1. The Morgan fingerprint density at radius 3 is 2.72 bits per heavy atom. The molecule has 0 aliphatic rings. The molecule has 0 saturated heterocycles. The summed E-state index contributed by atoms with van der Waals surface area (Å²) < 4.78 is 11.2. The van der Waals surface area contributed by atoms with Crippen LogP contribution in [0.15, 0.2) is 48.7 Å². The van der Waals surface area contributed by atoms with Crippen LogP contribution < -0.4 is 14.8 Å². The van der Waals surface area contributed by atoms with Gasteiger partial charge in [-0.2, -0.15) is 0 Å². The number of ether oxygens (including phenoxy) is 2. The first-order chi connectivity index (χ1) is 14.2. The Balaban J connectivity index is 1.95. The first-order valence-corrected chi connectivity index (χ1v) is 10.3. The fourth-order valence-corrected chi connectivity index (χ4v) is 3.61. The van der Waals surface area contributed by atoms with Crippen LogP contribution in [0.5, 0.6) is 11.5 Å². The van der Waals surface area contributed by atoms with E-state index in [2.05, 4.69) is 35.4 Å². The van der Waals surface area contributed by atoms with Gasteiger partial charge in [-0.3, -0.25) is 4.79 Å². The van der Waals surface area contributed by atoms with Crippen molar-refractivity contribution in [2.45, 2.75) is 39.0 Å². The van der Waals surface area contributed by atoms with Gasteiger partial charge in [-0.05, 0) is 42.7 Å². The second-order valence-corrected chi connectivity index (χ2v) is 7.09. The summed E-state index contributed by atoms with van der Waals surface area (Å²) in [6.07, 6.45) is 4.51. The van der Waals surface area contributed by atoms with Gasteiger partial charge in [0.15, 0.2) is 11.5 Å². The normalized spacial score (nSPS) is 12.0. The number of fused-ring (bicyclic) bond motifs is 1. The van der Waals surface area contributed by atoms with Crippen molar-refractivity contribution in [1.82, 2.24) is 10.3 Å². The number of carbonyl (C=O) groups is 1. The molecule has 0 bridgehead atoms. The van der Waals surface area contributed by atoms with Crippen LogP contribution in [0.25, 0.3) is 10.9 Å². The standard InChI is InChI=1S/C24H30N2O3/c1-4-6-11-24(27)26-15-19(20-16-25-21-10-8-7-9-18(20)21)17-12-13-22(29-5-2)23(14-17)28-3/h7-10,12-14,16,19,25H,4-6,11,15H2,1-3H3,(H,26,27). The molecule has 1 aromatic heterocycles. The van der Waals surface area contributed by atoms with Crippen LogP contribution in [0.4, 0.5) is 0 Å². The van der Waals surface area contributed by atoms with Gasteiger partial charge in [0.1, 0.15) is 0 Å². The van der Waals surface area contributed by atoms with E-state index in [1.165, 1.54) is 0 Å². The number of methoxy groups -OCH3 is 1. The van der Waals surface area contributed by atoms with Gasteiger partial charge in [-0.1, -0.05) is 37.6 Å². The van der Waals surface area contributed by atoms with Gasteiger partial charge in [-0.15, -0.1) is 0 Å². The van der Waals surface area contributed by atoms with Crippen LogP contribution in [-0.4, -0.2) is 31.2 Å². The number of H-pyrrole nitrogens is 1. The molecule has 0 fully saturated rings. The zero-order chi connectivity index (χ0) is 20.6. The number of aromatic amines is 1. The van der Waals surface area contributed by atoms with Crippen LogP contribution in [0.1, 0.15) is 50.2 Å². The quantitative estimate of drug-likeness (QED) is 0.508. The maximum absolute atomic E-state index is 12.3. The number of benzene rings is 2. The first kappa shape index (κ1) is 20.8. The van der Waals surface area contributed by atoms with Gasteiger partial charge in [0.2, 0.25) is 5.91 Å². The van der Waals surface area contributed by atoms with Crippen LogP contribution in [0, 0.1) is 0 Å². The Kier molecular flexibility index (Phi) is 7.17. The van der Waals surface area contributed by atoms with E-state index in [0.29, 0.717) is 25.3 Å². The number of unbranched alkanes of at least 4 members (excludes halogenated alkanes) is 1. The summed E-state index contributed by atoms with van der Waals surface area (Å²) >= 11 is 0. The molecule has 2 N–H and O–H groups in total. The molecule has 0 aliphatic heterocycles. The molecule has 154 valence electrons. The average molecular weight is 395 g/mol. The number of rotatable bonds is 10. The van der Waals surface area contributed by atoms with E-state index in [4.69, 9.17) is 9.47 Å². The topological polar surface area (TPSA) is 63.4 Å². The summed E-state index contributed by atoms with van der Waals surface area (Å²) in [6.45, 7) is 5.15. The number of aromatic nitrogens is 1. The zero-order valence-electron chi connectivity index (χ0n) is 17.5. The van der Waals surface area contributed by atoms with Crippen molar-refractivity contribution in [1.29, 1.82) is 0 Å². The summed E-state index contributed by atoms with van der Waals surface area (Å²) in [4.78, 5) is 15.6. The third-order valence-corrected chi connectivity index (χ3v) is 5.15. The Bertz CT molecular complexity index is 948. The van der Waals surface area contributed by atoms with E-state index < -0.39 is 0 Å². The maximum Gasteiger partial charge on any atom is 0.220 e. The monoisotopic (exact) mass is 394 g/mol. The van der Waals surface area contributed by atoms with Crippen LogP contribution in [0.2, 0.25) is 0 Å². The van der Waals surface area contributed by atoms with Crippen molar-refractivity contribution >= 4 is 16.8 Å². The summed E-state index contributed by atoms with van der Waals surface area (Å²) in [5.74, 6) is 1.52. The van der Waals surface area contributed by atoms with Crippen molar-refractivity contribution < 1.29 is 14.3 Å². The highest BCUT2D eigenvalue weighted by molar-refractivity contribution is 5.84. The van der Waals surface area contributed by atoms with Crippen molar-refractivity contribution in [3.05, 3.63) is 59.8 Å². The molecule has 0 radical (unpaired) electrons. The van der Waals surface area contributed by atoms with Gasteiger partial charge < -0.3 is 19.8 Å². The molecule has 0 spiro atoms. The Morgan fingerprint density at radius 2 is 1.97 bits per heavy atom. The molecule has 5 heteroatoms. The van der Waals surface area contributed by atoms with Gasteiger partial charge in [0.25, 0.3) is 0 Å². The number of para-hydroxylation sites is 1. The third-order valence-electron chi connectivity index (χ3n) is 5.15. The summed E-state index contributed by atoms with van der Waals surface area (Å²) in [5.41, 5.74) is 3.32. The van der Waals surface area contributed by atoms with Crippen LogP contribution in [-0.2, 0) is 4.79 Å². The Morgan fingerprint density at radius 1 is 1.14 bits per heavy atom. The third kappa shape index (κ3) is 4.91. The average Bonchev–Trinajstić information content (AvgIpc) is 3.17. The van der Waals surface area contributed by atoms with E-state index in [0.717, 1.165) is 40.6 Å². The number of hydrogen-bond acceptors (Lipinski definition) is 3. The molecule has 1 amide bonds. The highest BCUT2D eigenvalue weighted by atomic mass is 16.5. The molecular weight excluding hydrogens is 364 g/mol. The van der Waals surface area contributed by atoms with Crippen LogP contribution >= 0.6 is 0 Å². The Hall–Kier alpha value is -2.95. The van der Waals surface area contributed by atoms with Crippen molar-refractivity contribution in [2.24, 2.45) is 0 Å². The van der Waals surface area contributed by atoms with E-state index in [1.54, 1.807) is 7.11 Å². The van der Waals surface area contributed by atoms with E-state index in [9.17, 15) is 4.79 Å². The smallest absolute Gasteiger partial charge is 0.220 e. The SMILES string of the molecule is CCCCC(=O)NCC(c1ccc(OCC)c(OC)c1)c1c[nH]c2ccccc12. The lowest BCUT2D eigenvalue weighted by molar-refractivity contribution is -0.121. The predicted molar refractivity (Wildman–Crippen MR) is 117 cm³/mol. The predicted octanol–water partition coefficient (Wildman–Crippen LogP) is 5.01. The van der Waals surface area contributed by atoms with Crippen molar-refractivity contribution in [3.63, 3.8) is 0 Å². The molecular formula is C24H30N2O3. The fourth-order valence-electron chi connectivity index (χ4n) is 3.61. The summed E-state index contributed by atoms with van der Waals surface area (Å²) in [5, 5.41) is 4.28. The number of carbonyl (C=O) groups excluding carboxylic acids is 1. The van der Waals surface area contributed by atoms with E-state index >= 15 is 0 Å². The minimum Gasteiger partial charge on any atom is -0.493 e. The summed E-state index contributed by atoms with van der Waals surface area (Å²) in [7, 11) is 1.65. The Labute approximate surface area is 172 Å². The van der Waals surface area contributed by atoms with Gasteiger partial charge in [0, 0.05) is 36.0 Å². The highest BCUT2D eigenvalue weighted by Crippen LogP contribution is 2.35. The minimum atomic E-state index is 0.00121. The summed E-state index contributed by atoms with van der Waals surface area (Å²) in [6, 6.07) is 14.2. The lowest BCUT2D eigenvalue weighted by Gasteiger charge is -2.20. The molecule has 29 heavy (non-hydrogen) atoms. The maximum atomic E-state index is 12.3. The van der Waals surface area contributed by atoms with Gasteiger partial charge in [-0.25, -0.2) is 0 Å². The molecule has 0 aliphatic carbocycles. The molecule has 1 heterocycles. The van der Waals surface area contributed by atoms with Gasteiger partial charge >= 0.3 is 0 Å². The molecule has 2 aromatic carbocycles. The number of hydrogen-bond donors (Lipinski definition) is 2. The lowest BCUT2D eigenvalue weighted by atomic mass is 9.90. The molecule has 0 saturated carbocycles. The van der Waals surface area contributed by atoms with Crippen molar-refractivity contribution in [3.8, 4) is 11.5 Å². The van der Waals surface area contributed by atoms with E-state index in [1.807, 2.05) is 37.4 Å². The molecule has 1 atom stereocenters. The number of nitrogens with one attached hydrogen (secondary N) is 2. The van der Waals surface area contributed by atoms with Gasteiger partial charge in [0.05, 0.1) is 13.7 Å².